The van der Waals surface area contributed by atoms with Crippen molar-refractivity contribution in [1.29, 1.82) is 0 Å². The fraction of sp³-hybridized carbons (Fsp3) is 0.160. The molecule has 2 aliphatic rings. The molecule has 2 heterocycles. The maximum Gasteiger partial charge on any atom is 0.340 e. The number of esters is 1. The maximum atomic E-state index is 12.9. The minimum absolute atomic E-state index is 0.143. The van der Waals surface area contributed by atoms with Crippen LogP contribution >= 0.6 is 11.8 Å². The Balaban J connectivity index is 1.25. The normalized spacial score (nSPS) is 19.4. The average molecular weight is 461 g/mol. The van der Waals surface area contributed by atoms with Gasteiger partial charge in [-0.25, -0.2) is 9.69 Å². The van der Waals surface area contributed by atoms with E-state index >= 15 is 0 Å². The van der Waals surface area contributed by atoms with Gasteiger partial charge in [-0.05, 0) is 54.6 Å². The predicted molar refractivity (Wildman–Crippen MR) is 124 cm³/mol. The number of nitrogens with zero attached hydrogens (tertiary/aromatic N) is 1. The van der Waals surface area contributed by atoms with Crippen LogP contribution in [0.5, 0.6) is 5.75 Å². The van der Waals surface area contributed by atoms with Crippen LogP contribution in [0.4, 0.5) is 11.4 Å². The van der Waals surface area contributed by atoms with Gasteiger partial charge in [-0.15, -0.1) is 11.8 Å². The van der Waals surface area contributed by atoms with Crippen molar-refractivity contribution in [2.45, 2.75) is 22.8 Å². The molecule has 7 nitrogen and oxygen atoms in total. The first-order valence-corrected chi connectivity index (χ1v) is 11.3. The van der Waals surface area contributed by atoms with E-state index < -0.39 is 11.5 Å². The number of carbonyl (C=O) groups is 3. The minimum Gasteiger partial charge on any atom is -0.497 e. The van der Waals surface area contributed by atoms with E-state index in [1.165, 1.54) is 16.7 Å². The lowest BCUT2D eigenvalue weighted by molar-refractivity contribution is -0.121. The molecule has 5 rings (SSSR count). The third-order valence-electron chi connectivity index (χ3n) is 5.55. The smallest absolute Gasteiger partial charge is 0.340 e. The van der Waals surface area contributed by atoms with E-state index in [1.807, 2.05) is 36.4 Å². The Morgan fingerprint density at radius 3 is 2.42 bits per heavy atom. The molecule has 1 N–H and O–H groups in total. The Hall–Kier alpha value is -3.78. The fourth-order valence-electron chi connectivity index (χ4n) is 3.90. The molecule has 2 amide bonds. The Morgan fingerprint density at radius 1 is 0.970 bits per heavy atom. The summed E-state index contributed by atoms with van der Waals surface area (Å²) < 4.78 is 10.6. The number of fused-ring (bicyclic) bond motifs is 1. The molecule has 0 aromatic heterocycles. The highest BCUT2D eigenvalue weighted by atomic mass is 32.2. The van der Waals surface area contributed by atoms with Crippen molar-refractivity contribution in [1.82, 2.24) is 0 Å². The van der Waals surface area contributed by atoms with E-state index in [9.17, 15) is 14.4 Å². The van der Waals surface area contributed by atoms with Gasteiger partial charge in [-0.3, -0.25) is 9.59 Å². The van der Waals surface area contributed by atoms with Crippen LogP contribution in [0.25, 0.3) is 0 Å². The SMILES string of the molecule is COc1ccc(N2C(=O)CC(Sc3ccc(NC4OC(=O)c5ccccc54)cc3)C2=O)cc1. The van der Waals surface area contributed by atoms with Crippen LogP contribution in [0.2, 0.25) is 0 Å². The molecular weight excluding hydrogens is 440 g/mol. The molecule has 8 heteroatoms. The van der Waals surface area contributed by atoms with Gasteiger partial charge in [0.25, 0.3) is 0 Å². The second-order valence-corrected chi connectivity index (χ2v) is 8.89. The number of nitrogens with one attached hydrogen (secondary N) is 1. The lowest BCUT2D eigenvalue weighted by atomic mass is 10.1. The summed E-state index contributed by atoms with van der Waals surface area (Å²) in [6.07, 6.45) is -0.399. The van der Waals surface area contributed by atoms with Crippen molar-refractivity contribution in [3.8, 4) is 5.75 Å². The molecule has 2 unspecified atom stereocenters. The van der Waals surface area contributed by atoms with E-state index in [1.54, 1.807) is 43.5 Å². The molecule has 1 saturated heterocycles. The molecule has 0 spiro atoms. The van der Waals surface area contributed by atoms with E-state index in [0.29, 0.717) is 17.0 Å². The molecule has 3 aromatic rings. The second-order valence-electron chi connectivity index (χ2n) is 7.62. The van der Waals surface area contributed by atoms with Gasteiger partial charge in [0.05, 0.1) is 23.6 Å². The van der Waals surface area contributed by atoms with Gasteiger partial charge in [0, 0.05) is 22.6 Å². The van der Waals surface area contributed by atoms with Crippen molar-refractivity contribution < 1.29 is 23.9 Å². The number of cyclic esters (lactones) is 1. The van der Waals surface area contributed by atoms with Crippen LogP contribution in [-0.2, 0) is 14.3 Å². The highest BCUT2D eigenvalue weighted by molar-refractivity contribution is 8.00. The number of rotatable bonds is 6. The topological polar surface area (TPSA) is 84.9 Å². The van der Waals surface area contributed by atoms with Crippen LogP contribution in [-0.4, -0.2) is 30.1 Å². The van der Waals surface area contributed by atoms with Gasteiger partial charge >= 0.3 is 5.97 Å². The quantitative estimate of drug-likeness (QED) is 0.431. The molecule has 2 aliphatic heterocycles. The van der Waals surface area contributed by atoms with Crippen LogP contribution in [0.3, 0.4) is 0 Å². The van der Waals surface area contributed by atoms with E-state index in [4.69, 9.17) is 9.47 Å². The molecule has 166 valence electrons. The summed E-state index contributed by atoms with van der Waals surface area (Å²) in [5.41, 5.74) is 2.69. The molecule has 0 bridgehead atoms. The third-order valence-corrected chi connectivity index (χ3v) is 6.75. The third kappa shape index (κ3) is 4.05. The fourth-order valence-corrected chi connectivity index (χ4v) is 4.95. The number of hydrogen-bond donors (Lipinski definition) is 1. The first-order valence-electron chi connectivity index (χ1n) is 10.4. The summed E-state index contributed by atoms with van der Waals surface area (Å²) in [5.74, 6) is -0.135. The number of methoxy groups -OCH3 is 1. The molecule has 0 saturated carbocycles. The second kappa shape index (κ2) is 8.63. The average Bonchev–Trinajstić information content (AvgIpc) is 3.30. The number of amides is 2. The van der Waals surface area contributed by atoms with Crippen LogP contribution in [0.1, 0.15) is 28.6 Å². The molecule has 1 fully saturated rings. The zero-order valence-corrected chi connectivity index (χ0v) is 18.5. The molecule has 2 atom stereocenters. The summed E-state index contributed by atoms with van der Waals surface area (Å²) in [4.78, 5) is 39.5. The van der Waals surface area contributed by atoms with E-state index in [-0.39, 0.29) is 24.2 Å². The van der Waals surface area contributed by atoms with Gasteiger partial charge in [0.2, 0.25) is 18.0 Å². The van der Waals surface area contributed by atoms with Gasteiger partial charge in [-0.2, -0.15) is 0 Å². The van der Waals surface area contributed by atoms with Crippen molar-refractivity contribution in [3.63, 3.8) is 0 Å². The van der Waals surface area contributed by atoms with Crippen molar-refractivity contribution in [2.24, 2.45) is 0 Å². The van der Waals surface area contributed by atoms with Crippen LogP contribution in [0, 0.1) is 0 Å². The lowest BCUT2D eigenvalue weighted by Crippen LogP contribution is -2.31. The molecule has 0 radical (unpaired) electrons. The van der Waals surface area contributed by atoms with Crippen LogP contribution < -0.4 is 15.0 Å². The maximum absolute atomic E-state index is 12.9. The number of imide groups is 1. The Bertz CT molecular complexity index is 1230. The number of benzene rings is 3. The van der Waals surface area contributed by atoms with Gasteiger partial charge in [0.1, 0.15) is 5.75 Å². The van der Waals surface area contributed by atoms with Gasteiger partial charge in [0.15, 0.2) is 0 Å². The number of carbonyl (C=O) groups excluding carboxylic acids is 3. The zero-order chi connectivity index (χ0) is 22.9. The monoisotopic (exact) mass is 460 g/mol. The summed E-state index contributed by atoms with van der Waals surface area (Å²) >= 11 is 1.36. The van der Waals surface area contributed by atoms with Crippen molar-refractivity contribution >= 4 is 40.9 Å². The minimum atomic E-state index is -0.542. The van der Waals surface area contributed by atoms with Crippen molar-refractivity contribution in [2.75, 3.05) is 17.3 Å². The molecule has 33 heavy (non-hydrogen) atoms. The summed E-state index contributed by atoms with van der Waals surface area (Å²) in [6.45, 7) is 0. The number of anilines is 2. The summed E-state index contributed by atoms with van der Waals surface area (Å²) in [5, 5.41) is 2.73. The molecule has 3 aromatic carbocycles. The Labute approximate surface area is 194 Å². The zero-order valence-electron chi connectivity index (χ0n) is 17.7. The van der Waals surface area contributed by atoms with Gasteiger partial charge < -0.3 is 14.8 Å². The number of thioether (sulfide) groups is 1. The first-order chi connectivity index (χ1) is 16.0. The number of hydrogen-bond acceptors (Lipinski definition) is 7. The summed E-state index contributed by atoms with van der Waals surface area (Å²) in [6, 6.07) is 21.6. The highest BCUT2D eigenvalue weighted by Gasteiger charge is 2.40. The van der Waals surface area contributed by atoms with E-state index in [2.05, 4.69) is 5.32 Å². The Kier molecular flexibility index (Phi) is 5.51. The van der Waals surface area contributed by atoms with Crippen LogP contribution in [0.15, 0.2) is 77.7 Å². The van der Waals surface area contributed by atoms with Gasteiger partial charge in [-0.1, -0.05) is 18.2 Å². The Morgan fingerprint density at radius 2 is 1.70 bits per heavy atom. The summed E-state index contributed by atoms with van der Waals surface area (Å²) in [7, 11) is 1.56. The first kappa shape index (κ1) is 21.1. The molecular formula is C25H20N2O5S. The predicted octanol–water partition coefficient (Wildman–Crippen LogP) is 4.40. The number of ether oxygens (including phenoxy) is 2. The highest BCUT2D eigenvalue weighted by Crippen LogP contribution is 2.36. The van der Waals surface area contributed by atoms with Crippen molar-refractivity contribution in [3.05, 3.63) is 83.9 Å². The van der Waals surface area contributed by atoms with E-state index in [0.717, 1.165) is 16.1 Å². The standard InChI is InChI=1S/C25H20N2O5S/c1-31-17-10-8-16(9-11-17)27-22(28)14-21(24(27)29)33-18-12-6-15(7-13-18)26-23-19-4-2-3-5-20(19)25(30)32-23/h2-13,21,23,26H,14H2,1H3. The lowest BCUT2D eigenvalue weighted by Gasteiger charge is -2.16. The largest absolute Gasteiger partial charge is 0.497 e. The molecule has 0 aliphatic carbocycles.